The Balaban J connectivity index is 1.76. The second-order valence-electron chi connectivity index (χ2n) is 5.88. The van der Waals surface area contributed by atoms with Gasteiger partial charge in [0.25, 0.3) is 5.91 Å². The Morgan fingerprint density at radius 3 is 2.96 bits per heavy atom. The molecule has 3 heterocycles. The lowest BCUT2D eigenvalue weighted by molar-refractivity contribution is 0.0791. The highest BCUT2D eigenvalue weighted by Crippen LogP contribution is 2.27. The van der Waals surface area contributed by atoms with E-state index in [-0.39, 0.29) is 5.91 Å². The van der Waals surface area contributed by atoms with Gasteiger partial charge in [-0.2, -0.15) is 5.26 Å². The van der Waals surface area contributed by atoms with Crippen LogP contribution in [0.15, 0.2) is 35.7 Å². The molecule has 0 spiro atoms. The molecule has 1 amide bonds. The summed E-state index contributed by atoms with van der Waals surface area (Å²) in [4.78, 5) is 23.3. The van der Waals surface area contributed by atoms with Crippen molar-refractivity contribution in [1.29, 1.82) is 5.26 Å². The molecule has 1 aromatic heterocycles. The van der Waals surface area contributed by atoms with E-state index in [4.69, 9.17) is 0 Å². The lowest BCUT2D eigenvalue weighted by Gasteiger charge is -2.25. The van der Waals surface area contributed by atoms with E-state index in [1.54, 1.807) is 35.5 Å². The lowest BCUT2D eigenvalue weighted by atomic mass is 9.98. The average Bonchev–Trinajstić information content (AvgIpc) is 3.31. The third-order valence-corrected chi connectivity index (χ3v) is 4.40. The van der Waals surface area contributed by atoms with E-state index in [0.29, 0.717) is 16.7 Å². The summed E-state index contributed by atoms with van der Waals surface area (Å²) < 4.78 is 1.76. The number of aliphatic imine (C=N–C) groups is 1. The lowest BCUT2D eigenvalue weighted by Crippen LogP contribution is -2.32. The van der Waals surface area contributed by atoms with Crippen molar-refractivity contribution in [3.63, 3.8) is 0 Å². The van der Waals surface area contributed by atoms with Crippen LogP contribution in [-0.4, -0.2) is 39.8 Å². The molecule has 0 bridgehead atoms. The molecule has 2 aliphatic rings. The molecule has 0 radical (unpaired) electrons. The number of nitrogens with zero attached hydrogens (tertiary/aromatic N) is 5. The predicted octanol–water partition coefficient (Wildman–Crippen LogP) is 1.67. The maximum Gasteiger partial charge on any atom is 0.255 e. The van der Waals surface area contributed by atoms with E-state index < -0.39 is 6.17 Å². The van der Waals surface area contributed by atoms with Crippen molar-refractivity contribution in [3.05, 3.63) is 53.1 Å². The molecule has 1 saturated heterocycles. The Labute approximate surface area is 139 Å². The van der Waals surface area contributed by atoms with Gasteiger partial charge in [0.1, 0.15) is 12.0 Å². The van der Waals surface area contributed by atoms with Gasteiger partial charge in [-0.1, -0.05) is 12.1 Å². The van der Waals surface area contributed by atoms with Gasteiger partial charge < -0.3 is 4.90 Å². The van der Waals surface area contributed by atoms with Crippen LogP contribution in [0.25, 0.3) is 0 Å². The van der Waals surface area contributed by atoms with Gasteiger partial charge in [0.15, 0.2) is 6.17 Å². The maximum absolute atomic E-state index is 13.0. The summed E-state index contributed by atoms with van der Waals surface area (Å²) in [5.74, 6) is -0.0897. The van der Waals surface area contributed by atoms with Crippen LogP contribution in [0.1, 0.15) is 46.2 Å². The summed E-state index contributed by atoms with van der Waals surface area (Å²) in [5, 5.41) is 9.46. The topological polar surface area (TPSA) is 86.3 Å². The number of hydrogen-bond acceptors (Lipinski definition) is 5. The van der Waals surface area contributed by atoms with E-state index in [9.17, 15) is 10.1 Å². The number of fused-ring (bicyclic) bond motifs is 1. The third-order valence-electron chi connectivity index (χ3n) is 4.40. The summed E-state index contributed by atoms with van der Waals surface area (Å²) in [5.41, 5.74) is 5.59. The van der Waals surface area contributed by atoms with Crippen molar-refractivity contribution in [3.8, 4) is 6.07 Å². The fourth-order valence-corrected chi connectivity index (χ4v) is 3.18. The van der Waals surface area contributed by atoms with Gasteiger partial charge in [-0.25, -0.2) is 9.66 Å². The number of carbonyl (C=O) groups is 1. The van der Waals surface area contributed by atoms with E-state index in [2.05, 4.69) is 21.5 Å². The summed E-state index contributed by atoms with van der Waals surface area (Å²) >= 11 is 0. The van der Waals surface area contributed by atoms with Crippen LogP contribution in [0.2, 0.25) is 0 Å². The van der Waals surface area contributed by atoms with Crippen LogP contribution in [0.5, 0.6) is 0 Å². The van der Waals surface area contributed by atoms with Gasteiger partial charge in [-0.05, 0) is 18.9 Å². The van der Waals surface area contributed by atoms with Crippen LogP contribution in [0.4, 0.5) is 0 Å². The molecule has 7 heteroatoms. The van der Waals surface area contributed by atoms with Gasteiger partial charge >= 0.3 is 0 Å². The number of amides is 1. The molecule has 0 aliphatic carbocycles. The molecule has 7 nitrogen and oxygen atoms in total. The first-order valence-electron chi connectivity index (χ1n) is 7.92. The third kappa shape index (κ3) is 2.33. The minimum absolute atomic E-state index is 0.0897. The SMILES string of the molecule is N#Cc1cccc(C2N=Cc3cncn3N2)c1C(=O)N1CCCC1. The van der Waals surface area contributed by atoms with Crippen molar-refractivity contribution in [2.24, 2.45) is 4.99 Å². The highest BCUT2D eigenvalue weighted by atomic mass is 16.2. The van der Waals surface area contributed by atoms with Crippen LogP contribution in [0.3, 0.4) is 0 Å². The largest absolute Gasteiger partial charge is 0.339 e. The Bertz CT molecular complexity index is 856. The fourth-order valence-electron chi connectivity index (χ4n) is 3.18. The molecule has 120 valence electrons. The van der Waals surface area contributed by atoms with Crippen molar-refractivity contribution >= 4 is 12.1 Å². The van der Waals surface area contributed by atoms with Crippen LogP contribution < -0.4 is 5.43 Å². The van der Waals surface area contributed by atoms with E-state index in [1.165, 1.54) is 0 Å². The van der Waals surface area contributed by atoms with Gasteiger partial charge in [0, 0.05) is 18.7 Å². The molecule has 24 heavy (non-hydrogen) atoms. The summed E-state index contributed by atoms with van der Waals surface area (Å²) in [6.45, 7) is 1.48. The first kappa shape index (κ1) is 14.5. The molecule has 0 saturated carbocycles. The maximum atomic E-state index is 13.0. The second kappa shape index (κ2) is 5.81. The number of carbonyl (C=O) groups excluding carboxylic acids is 1. The van der Waals surface area contributed by atoms with Gasteiger partial charge in [0.05, 0.1) is 29.6 Å². The summed E-state index contributed by atoms with van der Waals surface area (Å²) in [6, 6.07) is 7.47. The summed E-state index contributed by atoms with van der Waals surface area (Å²) in [7, 11) is 0. The normalized spacial score (nSPS) is 18.8. The number of aromatic nitrogens is 2. The number of rotatable bonds is 2. The Kier molecular flexibility index (Phi) is 3.50. The zero-order valence-electron chi connectivity index (χ0n) is 13.0. The quantitative estimate of drug-likeness (QED) is 0.912. The number of benzene rings is 1. The van der Waals surface area contributed by atoms with Crippen molar-refractivity contribution in [2.45, 2.75) is 19.0 Å². The van der Waals surface area contributed by atoms with Gasteiger partial charge in [0.2, 0.25) is 0 Å². The molecule has 1 aromatic carbocycles. The van der Waals surface area contributed by atoms with Gasteiger partial charge in [-0.3, -0.25) is 15.2 Å². The zero-order valence-corrected chi connectivity index (χ0v) is 13.0. The molecule has 1 N–H and O–H groups in total. The second-order valence-corrected chi connectivity index (χ2v) is 5.88. The highest BCUT2D eigenvalue weighted by molar-refractivity contribution is 5.98. The molecule has 4 rings (SSSR count). The number of nitrogens with one attached hydrogen (secondary N) is 1. The minimum atomic E-state index is -0.429. The monoisotopic (exact) mass is 320 g/mol. The highest BCUT2D eigenvalue weighted by Gasteiger charge is 2.28. The molecule has 2 aliphatic heterocycles. The fraction of sp³-hybridized carbons (Fsp3) is 0.294. The van der Waals surface area contributed by atoms with Crippen LogP contribution >= 0.6 is 0 Å². The first-order valence-corrected chi connectivity index (χ1v) is 7.92. The van der Waals surface area contributed by atoms with E-state index in [0.717, 1.165) is 31.6 Å². The number of nitriles is 1. The molecule has 1 fully saturated rings. The Morgan fingerprint density at radius 2 is 2.17 bits per heavy atom. The first-order chi connectivity index (χ1) is 11.8. The van der Waals surface area contributed by atoms with Gasteiger partial charge in [-0.15, -0.1) is 0 Å². The number of likely N-dealkylation sites (tertiary alicyclic amines) is 1. The van der Waals surface area contributed by atoms with Crippen LogP contribution in [0, 0.1) is 11.3 Å². The Hall–Kier alpha value is -3.14. The molecule has 1 atom stereocenters. The number of imidazole rings is 1. The van der Waals surface area contributed by atoms with Crippen molar-refractivity contribution in [1.82, 2.24) is 14.6 Å². The van der Waals surface area contributed by atoms with E-state index >= 15 is 0 Å². The smallest absolute Gasteiger partial charge is 0.255 e. The predicted molar refractivity (Wildman–Crippen MR) is 88.2 cm³/mol. The number of hydrogen-bond donors (Lipinski definition) is 1. The van der Waals surface area contributed by atoms with Crippen molar-refractivity contribution < 1.29 is 4.79 Å². The molecule has 2 aromatic rings. The molecular weight excluding hydrogens is 304 g/mol. The van der Waals surface area contributed by atoms with E-state index in [1.807, 2.05) is 11.0 Å². The molecular formula is C17H16N6O. The standard InChI is InChI=1S/C17H16N6O/c18-8-12-4-3-5-14(15(12)17(24)22-6-1-2-7-22)16-20-10-13-9-19-11-23(13)21-16/h3-5,9-11,16,21H,1-2,6-7H2. The average molecular weight is 320 g/mol. The summed E-state index contributed by atoms with van der Waals surface area (Å²) in [6.07, 6.45) is 6.67. The minimum Gasteiger partial charge on any atom is -0.339 e. The Morgan fingerprint density at radius 1 is 1.33 bits per heavy atom. The zero-order chi connectivity index (χ0) is 16.5. The van der Waals surface area contributed by atoms with Crippen LogP contribution in [-0.2, 0) is 0 Å². The van der Waals surface area contributed by atoms with Crippen molar-refractivity contribution in [2.75, 3.05) is 18.5 Å². The molecule has 1 unspecified atom stereocenters.